The van der Waals surface area contributed by atoms with Crippen LogP contribution in [0.25, 0.3) is 0 Å². The SMILES string of the molecule is CCCn1cccc1CN[C@H](C)c1cccc(C)c1. The lowest BCUT2D eigenvalue weighted by molar-refractivity contribution is 0.541. The summed E-state index contributed by atoms with van der Waals surface area (Å²) in [5.41, 5.74) is 4.04. The van der Waals surface area contributed by atoms with Gasteiger partial charge >= 0.3 is 0 Å². The third-order valence-electron chi connectivity index (χ3n) is 3.52. The molecule has 0 aliphatic carbocycles. The molecule has 102 valence electrons. The Morgan fingerprint density at radius 2 is 2.05 bits per heavy atom. The molecule has 1 aromatic heterocycles. The zero-order chi connectivity index (χ0) is 13.7. The summed E-state index contributed by atoms with van der Waals surface area (Å²) in [5, 5.41) is 3.61. The van der Waals surface area contributed by atoms with Gasteiger partial charge in [0.25, 0.3) is 0 Å². The van der Waals surface area contributed by atoms with Gasteiger partial charge in [-0.1, -0.05) is 36.8 Å². The van der Waals surface area contributed by atoms with Gasteiger partial charge in [-0.25, -0.2) is 0 Å². The standard InChI is InChI=1S/C17H24N2/c1-4-10-19-11-6-9-17(19)13-18-15(3)16-8-5-7-14(2)12-16/h5-9,11-12,15,18H,4,10,13H2,1-3H3/t15-/m1/s1. The maximum Gasteiger partial charge on any atom is 0.0364 e. The molecule has 1 aromatic carbocycles. The molecule has 2 nitrogen and oxygen atoms in total. The van der Waals surface area contributed by atoms with Crippen molar-refractivity contribution in [2.75, 3.05) is 0 Å². The molecule has 19 heavy (non-hydrogen) atoms. The molecule has 0 radical (unpaired) electrons. The Bertz CT molecular complexity index is 513. The van der Waals surface area contributed by atoms with E-state index >= 15 is 0 Å². The van der Waals surface area contributed by atoms with Gasteiger partial charge in [0.05, 0.1) is 0 Å². The maximum absolute atomic E-state index is 3.61. The molecule has 2 heteroatoms. The van der Waals surface area contributed by atoms with E-state index in [1.165, 1.54) is 23.2 Å². The van der Waals surface area contributed by atoms with Crippen molar-refractivity contribution in [3.8, 4) is 0 Å². The molecule has 0 saturated carbocycles. The Morgan fingerprint density at radius 3 is 2.79 bits per heavy atom. The molecular weight excluding hydrogens is 232 g/mol. The van der Waals surface area contributed by atoms with Crippen LogP contribution in [0.3, 0.4) is 0 Å². The zero-order valence-corrected chi connectivity index (χ0v) is 12.2. The minimum atomic E-state index is 0.380. The minimum absolute atomic E-state index is 0.380. The predicted octanol–water partition coefficient (Wildman–Crippen LogP) is 4.06. The molecule has 0 aliphatic heterocycles. The van der Waals surface area contributed by atoms with Crippen molar-refractivity contribution in [2.45, 2.75) is 46.3 Å². The van der Waals surface area contributed by atoms with Crippen molar-refractivity contribution in [3.05, 3.63) is 59.4 Å². The van der Waals surface area contributed by atoms with Crippen molar-refractivity contribution in [1.82, 2.24) is 9.88 Å². The smallest absolute Gasteiger partial charge is 0.0364 e. The van der Waals surface area contributed by atoms with E-state index in [-0.39, 0.29) is 0 Å². The molecule has 0 unspecified atom stereocenters. The first-order chi connectivity index (χ1) is 9.20. The molecule has 1 atom stereocenters. The van der Waals surface area contributed by atoms with Gasteiger partial charge in [0, 0.05) is 31.0 Å². The third-order valence-corrected chi connectivity index (χ3v) is 3.52. The first-order valence-corrected chi connectivity index (χ1v) is 7.14. The topological polar surface area (TPSA) is 17.0 Å². The molecule has 0 aliphatic rings. The van der Waals surface area contributed by atoms with E-state index < -0.39 is 0 Å². The monoisotopic (exact) mass is 256 g/mol. The minimum Gasteiger partial charge on any atom is -0.350 e. The molecule has 0 spiro atoms. The van der Waals surface area contributed by atoms with Crippen LogP contribution in [0, 0.1) is 6.92 Å². The highest BCUT2D eigenvalue weighted by molar-refractivity contribution is 5.24. The van der Waals surface area contributed by atoms with Gasteiger partial charge in [0.1, 0.15) is 0 Å². The molecule has 0 saturated heterocycles. The largest absolute Gasteiger partial charge is 0.350 e. The highest BCUT2D eigenvalue weighted by Gasteiger charge is 2.06. The number of aryl methyl sites for hydroxylation is 2. The summed E-state index contributed by atoms with van der Waals surface area (Å²) in [6, 6.07) is 13.4. The summed E-state index contributed by atoms with van der Waals surface area (Å²) in [6.07, 6.45) is 3.34. The molecule has 0 bridgehead atoms. The number of benzene rings is 1. The molecule has 1 N–H and O–H groups in total. The van der Waals surface area contributed by atoms with E-state index in [1.54, 1.807) is 0 Å². The summed E-state index contributed by atoms with van der Waals surface area (Å²) in [4.78, 5) is 0. The fourth-order valence-electron chi connectivity index (χ4n) is 2.38. The summed E-state index contributed by atoms with van der Waals surface area (Å²) < 4.78 is 2.33. The summed E-state index contributed by atoms with van der Waals surface area (Å²) >= 11 is 0. The Morgan fingerprint density at radius 1 is 1.21 bits per heavy atom. The van der Waals surface area contributed by atoms with Crippen LogP contribution in [0.5, 0.6) is 0 Å². The van der Waals surface area contributed by atoms with Crippen LogP contribution in [0.15, 0.2) is 42.6 Å². The first-order valence-electron chi connectivity index (χ1n) is 7.14. The predicted molar refractivity (Wildman–Crippen MR) is 81.2 cm³/mol. The maximum atomic E-state index is 3.61. The molecular formula is C17H24N2. The van der Waals surface area contributed by atoms with Crippen molar-refractivity contribution in [3.63, 3.8) is 0 Å². The van der Waals surface area contributed by atoms with Crippen LogP contribution in [0.2, 0.25) is 0 Å². The van der Waals surface area contributed by atoms with Gasteiger partial charge in [-0.15, -0.1) is 0 Å². The zero-order valence-electron chi connectivity index (χ0n) is 12.2. The molecule has 2 aromatic rings. The van der Waals surface area contributed by atoms with Gasteiger partial charge in [0.15, 0.2) is 0 Å². The van der Waals surface area contributed by atoms with Crippen molar-refractivity contribution in [2.24, 2.45) is 0 Å². The first kappa shape index (κ1) is 13.9. The van der Waals surface area contributed by atoms with Gasteiger partial charge in [-0.3, -0.25) is 0 Å². The Hall–Kier alpha value is -1.54. The van der Waals surface area contributed by atoms with E-state index in [1.807, 2.05) is 0 Å². The second-order valence-corrected chi connectivity index (χ2v) is 5.21. The summed E-state index contributed by atoms with van der Waals surface area (Å²) in [7, 11) is 0. The number of hydrogen-bond acceptors (Lipinski definition) is 1. The quantitative estimate of drug-likeness (QED) is 0.825. The second kappa shape index (κ2) is 6.58. The van der Waals surface area contributed by atoms with E-state index in [2.05, 4.69) is 73.3 Å². The number of rotatable bonds is 6. The van der Waals surface area contributed by atoms with Crippen LogP contribution in [-0.2, 0) is 13.1 Å². The lowest BCUT2D eigenvalue weighted by Gasteiger charge is -2.16. The molecule has 1 heterocycles. The van der Waals surface area contributed by atoms with E-state index in [0.29, 0.717) is 6.04 Å². The van der Waals surface area contributed by atoms with Crippen LogP contribution in [0.1, 0.15) is 43.1 Å². The fourth-order valence-corrected chi connectivity index (χ4v) is 2.38. The summed E-state index contributed by atoms with van der Waals surface area (Å²) in [5.74, 6) is 0. The molecule has 0 amide bonds. The highest BCUT2D eigenvalue weighted by atomic mass is 15.0. The number of nitrogens with one attached hydrogen (secondary N) is 1. The van der Waals surface area contributed by atoms with Crippen LogP contribution < -0.4 is 5.32 Å². The van der Waals surface area contributed by atoms with Crippen LogP contribution >= 0.6 is 0 Å². The normalized spacial score (nSPS) is 12.6. The highest BCUT2D eigenvalue weighted by Crippen LogP contribution is 2.14. The van der Waals surface area contributed by atoms with Crippen molar-refractivity contribution >= 4 is 0 Å². The molecule has 2 rings (SSSR count). The average Bonchev–Trinajstić information content (AvgIpc) is 2.84. The number of hydrogen-bond donors (Lipinski definition) is 1. The van der Waals surface area contributed by atoms with Gasteiger partial charge in [-0.2, -0.15) is 0 Å². The van der Waals surface area contributed by atoms with Gasteiger partial charge in [-0.05, 0) is 38.0 Å². The van der Waals surface area contributed by atoms with Gasteiger partial charge in [0.2, 0.25) is 0 Å². The average molecular weight is 256 g/mol. The van der Waals surface area contributed by atoms with Crippen molar-refractivity contribution in [1.29, 1.82) is 0 Å². The van der Waals surface area contributed by atoms with E-state index in [4.69, 9.17) is 0 Å². The number of aromatic nitrogens is 1. The van der Waals surface area contributed by atoms with E-state index in [0.717, 1.165) is 13.1 Å². The lowest BCUT2D eigenvalue weighted by atomic mass is 10.1. The Labute approximate surface area is 116 Å². The fraction of sp³-hybridized carbons (Fsp3) is 0.412. The Kier molecular flexibility index (Phi) is 4.80. The third kappa shape index (κ3) is 3.71. The molecule has 0 fully saturated rings. The van der Waals surface area contributed by atoms with Gasteiger partial charge < -0.3 is 9.88 Å². The second-order valence-electron chi connectivity index (χ2n) is 5.21. The Balaban J connectivity index is 1.96. The van der Waals surface area contributed by atoms with E-state index in [9.17, 15) is 0 Å². The lowest BCUT2D eigenvalue weighted by Crippen LogP contribution is -2.20. The summed E-state index contributed by atoms with van der Waals surface area (Å²) in [6.45, 7) is 8.60. The van der Waals surface area contributed by atoms with Crippen molar-refractivity contribution < 1.29 is 0 Å². The van der Waals surface area contributed by atoms with Crippen LogP contribution in [-0.4, -0.2) is 4.57 Å². The van der Waals surface area contributed by atoms with Crippen LogP contribution in [0.4, 0.5) is 0 Å². The number of nitrogens with zero attached hydrogens (tertiary/aromatic N) is 1.